The van der Waals surface area contributed by atoms with Crippen LogP contribution in [0.2, 0.25) is 0 Å². The average Bonchev–Trinajstić information content (AvgIpc) is 2.39. The summed E-state index contributed by atoms with van der Waals surface area (Å²) in [7, 11) is 0. The van der Waals surface area contributed by atoms with Gasteiger partial charge in [0.05, 0.1) is 17.9 Å². The smallest absolute Gasteiger partial charge is 0.241 e. The third-order valence-electron chi connectivity index (χ3n) is 3.22. The molecule has 0 aromatic carbocycles. The monoisotopic (exact) mass is 249 g/mol. The van der Waals surface area contributed by atoms with Gasteiger partial charge in [-0.2, -0.15) is 0 Å². The van der Waals surface area contributed by atoms with Crippen LogP contribution < -0.4 is 11.1 Å². The van der Waals surface area contributed by atoms with E-state index in [1.54, 1.807) is 12.4 Å². The number of nitrogens with zero attached hydrogens (tertiary/aromatic N) is 1. The predicted molar refractivity (Wildman–Crippen MR) is 69.1 cm³/mol. The van der Waals surface area contributed by atoms with Crippen LogP contribution in [0, 0.1) is 12.8 Å². The van der Waals surface area contributed by atoms with Crippen LogP contribution in [0.15, 0.2) is 18.5 Å². The first-order chi connectivity index (χ1) is 8.66. The zero-order valence-electron chi connectivity index (χ0n) is 10.6. The molecule has 5 nitrogen and oxygen atoms in total. The van der Waals surface area contributed by atoms with Crippen LogP contribution in [0.25, 0.3) is 0 Å². The Morgan fingerprint density at radius 3 is 2.89 bits per heavy atom. The summed E-state index contributed by atoms with van der Waals surface area (Å²) in [5.41, 5.74) is 7.69. The molecule has 1 fully saturated rings. The van der Waals surface area contributed by atoms with Gasteiger partial charge in [0.2, 0.25) is 5.91 Å². The van der Waals surface area contributed by atoms with Crippen LogP contribution in [0.5, 0.6) is 0 Å². The lowest BCUT2D eigenvalue weighted by molar-refractivity contribution is -0.119. The normalized spacial score (nSPS) is 18.3. The molecule has 5 heteroatoms. The molecule has 1 unspecified atom stereocenters. The van der Waals surface area contributed by atoms with Gasteiger partial charge in [-0.3, -0.25) is 9.78 Å². The molecule has 0 bridgehead atoms. The van der Waals surface area contributed by atoms with E-state index in [4.69, 9.17) is 10.5 Å². The minimum atomic E-state index is -0.477. The van der Waals surface area contributed by atoms with Crippen molar-refractivity contribution in [1.29, 1.82) is 0 Å². The van der Waals surface area contributed by atoms with Gasteiger partial charge in [0.25, 0.3) is 0 Å². The molecule has 0 radical (unpaired) electrons. The van der Waals surface area contributed by atoms with Crippen molar-refractivity contribution in [1.82, 2.24) is 4.98 Å². The Morgan fingerprint density at radius 1 is 1.50 bits per heavy atom. The third kappa shape index (κ3) is 3.27. The lowest BCUT2D eigenvalue weighted by atomic mass is 9.92. The average molecular weight is 249 g/mol. The maximum atomic E-state index is 12.0. The molecular weight excluding hydrogens is 230 g/mol. The molecule has 0 aliphatic carbocycles. The van der Waals surface area contributed by atoms with Crippen molar-refractivity contribution in [3.63, 3.8) is 0 Å². The number of ether oxygens (including phenoxy) is 1. The van der Waals surface area contributed by atoms with E-state index in [0.717, 1.165) is 18.4 Å². The lowest BCUT2D eigenvalue weighted by Gasteiger charge is -2.26. The Morgan fingerprint density at radius 2 is 2.22 bits per heavy atom. The third-order valence-corrected chi connectivity index (χ3v) is 3.22. The van der Waals surface area contributed by atoms with Gasteiger partial charge >= 0.3 is 0 Å². The van der Waals surface area contributed by atoms with E-state index < -0.39 is 6.04 Å². The number of amides is 1. The van der Waals surface area contributed by atoms with Crippen LogP contribution in [0.3, 0.4) is 0 Å². The molecule has 1 amide bonds. The SMILES string of the molecule is Cc1cncc(NC(=O)C(N)C2CCOCC2)c1. The van der Waals surface area contributed by atoms with Crippen LogP contribution >= 0.6 is 0 Å². The largest absolute Gasteiger partial charge is 0.381 e. The van der Waals surface area contributed by atoms with E-state index in [2.05, 4.69) is 10.3 Å². The molecule has 2 rings (SSSR count). The van der Waals surface area contributed by atoms with Crippen molar-refractivity contribution in [2.75, 3.05) is 18.5 Å². The fourth-order valence-corrected chi connectivity index (χ4v) is 2.14. The van der Waals surface area contributed by atoms with Crippen molar-refractivity contribution >= 4 is 11.6 Å². The second-order valence-corrected chi connectivity index (χ2v) is 4.72. The molecule has 0 saturated carbocycles. The highest BCUT2D eigenvalue weighted by Gasteiger charge is 2.26. The number of anilines is 1. The maximum absolute atomic E-state index is 12.0. The summed E-state index contributed by atoms with van der Waals surface area (Å²) < 4.78 is 5.27. The Balaban J connectivity index is 1.94. The van der Waals surface area contributed by atoms with Crippen LogP contribution in [-0.2, 0) is 9.53 Å². The van der Waals surface area contributed by atoms with Gasteiger partial charge in [-0.1, -0.05) is 0 Å². The molecule has 1 atom stereocenters. The first-order valence-corrected chi connectivity index (χ1v) is 6.22. The summed E-state index contributed by atoms with van der Waals surface area (Å²) in [4.78, 5) is 16.1. The Labute approximate surface area is 107 Å². The summed E-state index contributed by atoms with van der Waals surface area (Å²) in [5, 5.41) is 2.81. The zero-order chi connectivity index (χ0) is 13.0. The molecule has 3 N–H and O–H groups in total. The first kappa shape index (κ1) is 13.0. The number of pyridine rings is 1. The van der Waals surface area contributed by atoms with Crippen molar-refractivity contribution in [2.45, 2.75) is 25.8 Å². The Kier molecular flexibility index (Phi) is 4.28. The van der Waals surface area contributed by atoms with Crippen LogP contribution in [-0.4, -0.2) is 30.1 Å². The summed E-state index contributed by atoms with van der Waals surface area (Å²) in [6.45, 7) is 3.32. The van der Waals surface area contributed by atoms with Crippen molar-refractivity contribution in [3.05, 3.63) is 24.0 Å². The Bertz CT molecular complexity index is 416. The van der Waals surface area contributed by atoms with Crippen LogP contribution in [0.1, 0.15) is 18.4 Å². The van der Waals surface area contributed by atoms with E-state index in [0.29, 0.717) is 18.9 Å². The number of rotatable bonds is 3. The number of nitrogens with one attached hydrogen (secondary N) is 1. The molecule has 0 spiro atoms. The van der Waals surface area contributed by atoms with Gasteiger partial charge in [-0.05, 0) is 37.3 Å². The van der Waals surface area contributed by atoms with Gasteiger partial charge < -0.3 is 15.8 Å². The molecule has 1 aliphatic rings. The first-order valence-electron chi connectivity index (χ1n) is 6.22. The topological polar surface area (TPSA) is 77.2 Å². The Hall–Kier alpha value is -1.46. The van der Waals surface area contributed by atoms with E-state index in [9.17, 15) is 4.79 Å². The highest BCUT2D eigenvalue weighted by Crippen LogP contribution is 2.18. The fourth-order valence-electron chi connectivity index (χ4n) is 2.14. The number of carbonyl (C=O) groups excluding carboxylic acids is 1. The summed E-state index contributed by atoms with van der Waals surface area (Å²) in [6, 6.07) is 1.40. The van der Waals surface area contributed by atoms with Crippen LogP contribution in [0.4, 0.5) is 5.69 Å². The predicted octanol–water partition coefficient (Wildman–Crippen LogP) is 1.08. The molecule has 2 heterocycles. The quantitative estimate of drug-likeness (QED) is 0.840. The van der Waals surface area contributed by atoms with Gasteiger partial charge in [-0.15, -0.1) is 0 Å². The minimum absolute atomic E-state index is 0.144. The number of carbonyl (C=O) groups is 1. The zero-order valence-corrected chi connectivity index (χ0v) is 10.6. The van der Waals surface area contributed by atoms with Crippen molar-refractivity contribution in [2.24, 2.45) is 11.7 Å². The number of hydrogen-bond acceptors (Lipinski definition) is 4. The van der Waals surface area contributed by atoms with Crippen molar-refractivity contribution in [3.8, 4) is 0 Å². The number of aromatic nitrogens is 1. The minimum Gasteiger partial charge on any atom is -0.381 e. The molecule has 1 aromatic rings. The van der Waals surface area contributed by atoms with E-state index in [1.165, 1.54) is 0 Å². The summed E-state index contributed by atoms with van der Waals surface area (Å²) in [5.74, 6) is 0.0609. The number of hydrogen-bond donors (Lipinski definition) is 2. The highest BCUT2D eigenvalue weighted by molar-refractivity contribution is 5.94. The van der Waals surface area contributed by atoms with Gasteiger partial charge in [0.15, 0.2) is 0 Å². The van der Waals surface area contributed by atoms with Gasteiger partial charge in [-0.25, -0.2) is 0 Å². The molecule has 98 valence electrons. The lowest BCUT2D eigenvalue weighted by Crippen LogP contribution is -2.44. The highest BCUT2D eigenvalue weighted by atomic mass is 16.5. The second kappa shape index (κ2) is 5.93. The molecular formula is C13H19N3O2. The molecule has 18 heavy (non-hydrogen) atoms. The molecule has 1 saturated heterocycles. The molecule has 1 aromatic heterocycles. The summed E-state index contributed by atoms with van der Waals surface area (Å²) in [6.07, 6.45) is 5.07. The number of nitrogens with two attached hydrogens (primary N) is 1. The summed E-state index contributed by atoms with van der Waals surface area (Å²) >= 11 is 0. The van der Waals surface area contributed by atoms with Gasteiger partial charge in [0.1, 0.15) is 0 Å². The van der Waals surface area contributed by atoms with Gasteiger partial charge in [0, 0.05) is 19.4 Å². The maximum Gasteiger partial charge on any atom is 0.241 e. The van der Waals surface area contributed by atoms with E-state index in [-0.39, 0.29) is 11.8 Å². The number of aryl methyl sites for hydroxylation is 1. The second-order valence-electron chi connectivity index (χ2n) is 4.72. The van der Waals surface area contributed by atoms with E-state index in [1.807, 2.05) is 13.0 Å². The molecule has 1 aliphatic heterocycles. The standard InChI is InChI=1S/C13H19N3O2/c1-9-6-11(8-15-7-9)16-13(17)12(14)10-2-4-18-5-3-10/h6-8,10,12H,2-5,14H2,1H3,(H,16,17). The van der Waals surface area contributed by atoms with E-state index >= 15 is 0 Å². The van der Waals surface area contributed by atoms with Crippen molar-refractivity contribution < 1.29 is 9.53 Å². The fraction of sp³-hybridized carbons (Fsp3) is 0.538.